The largest absolute Gasteiger partial charge is 0.348 e. The predicted molar refractivity (Wildman–Crippen MR) is 84.1 cm³/mol. The molecule has 2 N–H and O–H groups in total. The molecular formula is C16H23N3O2. The van der Waals surface area contributed by atoms with E-state index in [0.29, 0.717) is 18.4 Å². The Morgan fingerprint density at radius 1 is 1.10 bits per heavy atom. The number of hydrazone groups is 1. The van der Waals surface area contributed by atoms with Crippen molar-refractivity contribution in [2.24, 2.45) is 11.0 Å². The molecule has 5 heteroatoms. The van der Waals surface area contributed by atoms with Crippen LogP contribution in [0.25, 0.3) is 0 Å². The van der Waals surface area contributed by atoms with Gasteiger partial charge in [0.1, 0.15) is 0 Å². The molecule has 0 spiro atoms. The van der Waals surface area contributed by atoms with Crippen LogP contribution < -0.4 is 10.7 Å². The van der Waals surface area contributed by atoms with Gasteiger partial charge >= 0.3 is 11.8 Å². The van der Waals surface area contributed by atoms with E-state index in [1.54, 1.807) is 0 Å². The Kier molecular flexibility index (Phi) is 6.59. The van der Waals surface area contributed by atoms with Gasteiger partial charge < -0.3 is 5.32 Å². The second-order valence-corrected chi connectivity index (χ2v) is 5.62. The quantitative estimate of drug-likeness (QED) is 0.494. The van der Waals surface area contributed by atoms with Gasteiger partial charge in [-0.05, 0) is 23.0 Å². The van der Waals surface area contributed by atoms with Crippen molar-refractivity contribution in [2.45, 2.75) is 33.6 Å². The van der Waals surface area contributed by atoms with Gasteiger partial charge in [0.25, 0.3) is 0 Å². The molecule has 1 rings (SSSR count). The number of carbonyl (C=O) groups is 2. The molecule has 0 aliphatic heterocycles. The zero-order valence-electron chi connectivity index (χ0n) is 13.0. The molecule has 0 saturated carbocycles. The first-order valence-electron chi connectivity index (χ1n) is 7.11. The third kappa shape index (κ3) is 6.21. The molecule has 0 fully saturated rings. The van der Waals surface area contributed by atoms with Gasteiger partial charge in [-0.1, -0.05) is 52.0 Å². The number of carbonyl (C=O) groups excluding carboxylic acids is 2. The summed E-state index contributed by atoms with van der Waals surface area (Å²) in [7, 11) is 0. The van der Waals surface area contributed by atoms with Crippen LogP contribution in [0.4, 0.5) is 0 Å². The van der Waals surface area contributed by atoms with Crippen LogP contribution in [0.5, 0.6) is 0 Å². The zero-order chi connectivity index (χ0) is 15.8. The number of nitrogens with zero attached hydrogens (tertiary/aromatic N) is 1. The van der Waals surface area contributed by atoms with Gasteiger partial charge in [0.15, 0.2) is 0 Å². The highest BCUT2D eigenvalue weighted by Crippen LogP contribution is 2.13. The van der Waals surface area contributed by atoms with E-state index in [9.17, 15) is 9.59 Å². The highest BCUT2D eigenvalue weighted by molar-refractivity contribution is 6.35. The molecule has 1 aromatic carbocycles. The molecule has 0 unspecified atom stereocenters. The zero-order valence-corrected chi connectivity index (χ0v) is 13.0. The Bertz CT molecular complexity index is 505. The smallest absolute Gasteiger partial charge is 0.329 e. The van der Waals surface area contributed by atoms with Crippen LogP contribution >= 0.6 is 0 Å². The van der Waals surface area contributed by atoms with Crippen LogP contribution in [0, 0.1) is 5.92 Å². The normalized spacial score (nSPS) is 11.1. The highest BCUT2D eigenvalue weighted by atomic mass is 16.2. The number of hydrogen-bond donors (Lipinski definition) is 2. The summed E-state index contributed by atoms with van der Waals surface area (Å²) >= 11 is 0. The van der Waals surface area contributed by atoms with Gasteiger partial charge in [0, 0.05) is 6.54 Å². The third-order valence-electron chi connectivity index (χ3n) is 2.86. The molecule has 0 aromatic heterocycles. The van der Waals surface area contributed by atoms with Crippen molar-refractivity contribution in [3.05, 3.63) is 35.4 Å². The van der Waals surface area contributed by atoms with E-state index in [4.69, 9.17) is 0 Å². The molecule has 0 bridgehead atoms. The fourth-order valence-corrected chi connectivity index (χ4v) is 1.56. The molecule has 5 nitrogen and oxygen atoms in total. The van der Waals surface area contributed by atoms with Gasteiger partial charge in [-0.25, -0.2) is 5.43 Å². The monoisotopic (exact) mass is 289 g/mol. The summed E-state index contributed by atoms with van der Waals surface area (Å²) in [5, 5.41) is 6.30. The minimum atomic E-state index is -0.759. The molecule has 0 heterocycles. The van der Waals surface area contributed by atoms with E-state index < -0.39 is 11.8 Å². The Balaban J connectivity index is 2.46. The maximum Gasteiger partial charge on any atom is 0.329 e. The average molecular weight is 289 g/mol. The summed E-state index contributed by atoms with van der Waals surface area (Å²) in [6, 6.07) is 7.88. The maximum atomic E-state index is 11.5. The highest BCUT2D eigenvalue weighted by Gasteiger charge is 2.11. The fourth-order valence-electron chi connectivity index (χ4n) is 1.56. The standard InChI is InChI=1S/C16H23N3O2/c1-11(2)9-17-15(20)16(21)19-18-10-13-5-7-14(8-6-13)12(3)4/h5-8,10-12H,9H2,1-4H3,(H,17,20)(H,19,21)/b18-10+. The molecule has 0 aliphatic carbocycles. The van der Waals surface area contributed by atoms with Gasteiger partial charge in [-0.15, -0.1) is 0 Å². The minimum absolute atomic E-state index is 0.296. The Morgan fingerprint density at radius 2 is 1.71 bits per heavy atom. The number of rotatable bonds is 5. The predicted octanol–water partition coefficient (Wildman–Crippen LogP) is 2.03. The van der Waals surface area contributed by atoms with E-state index in [1.165, 1.54) is 11.8 Å². The summed E-state index contributed by atoms with van der Waals surface area (Å²) in [6.07, 6.45) is 1.51. The average Bonchev–Trinajstić information content (AvgIpc) is 2.45. The summed E-state index contributed by atoms with van der Waals surface area (Å²) in [4.78, 5) is 22.9. The fraction of sp³-hybridized carbons (Fsp3) is 0.438. The van der Waals surface area contributed by atoms with Crippen LogP contribution in [0.1, 0.15) is 44.7 Å². The maximum absolute atomic E-state index is 11.5. The van der Waals surface area contributed by atoms with E-state index in [0.717, 1.165) is 5.56 Å². The number of hydrogen-bond acceptors (Lipinski definition) is 3. The SMILES string of the molecule is CC(C)CNC(=O)C(=O)N/N=C/c1ccc(C(C)C)cc1. The van der Waals surface area contributed by atoms with Gasteiger partial charge in [0.05, 0.1) is 6.21 Å². The van der Waals surface area contributed by atoms with Gasteiger partial charge in [-0.3, -0.25) is 9.59 Å². The number of amides is 2. The van der Waals surface area contributed by atoms with Crippen molar-refractivity contribution in [1.29, 1.82) is 0 Å². The summed E-state index contributed by atoms with van der Waals surface area (Å²) < 4.78 is 0. The second-order valence-electron chi connectivity index (χ2n) is 5.62. The van der Waals surface area contributed by atoms with Crippen LogP contribution in [0.3, 0.4) is 0 Å². The van der Waals surface area contributed by atoms with Crippen LogP contribution in [0.15, 0.2) is 29.4 Å². The van der Waals surface area contributed by atoms with Crippen molar-refractivity contribution >= 4 is 18.0 Å². The van der Waals surface area contributed by atoms with Crippen LogP contribution in [0.2, 0.25) is 0 Å². The molecule has 21 heavy (non-hydrogen) atoms. The van der Waals surface area contributed by atoms with E-state index in [1.807, 2.05) is 38.1 Å². The van der Waals surface area contributed by atoms with Crippen LogP contribution in [-0.4, -0.2) is 24.6 Å². The lowest BCUT2D eigenvalue weighted by molar-refractivity contribution is -0.139. The topological polar surface area (TPSA) is 70.6 Å². The van der Waals surface area contributed by atoms with Crippen molar-refractivity contribution in [1.82, 2.24) is 10.7 Å². The van der Waals surface area contributed by atoms with E-state index in [2.05, 4.69) is 29.7 Å². The molecule has 0 aliphatic rings. The van der Waals surface area contributed by atoms with Crippen molar-refractivity contribution in [3.63, 3.8) is 0 Å². The first kappa shape index (κ1) is 16.9. The summed E-state index contributed by atoms with van der Waals surface area (Å²) in [5.74, 6) is -0.660. The lowest BCUT2D eigenvalue weighted by Crippen LogP contribution is -2.39. The Morgan fingerprint density at radius 3 is 2.24 bits per heavy atom. The molecule has 114 valence electrons. The number of benzene rings is 1. The summed E-state index contributed by atoms with van der Waals surface area (Å²) in [5.41, 5.74) is 4.31. The Hall–Kier alpha value is -2.17. The first-order valence-corrected chi connectivity index (χ1v) is 7.11. The number of nitrogens with one attached hydrogen (secondary N) is 2. The Labute approximate surface area is 125 Å². The second kappa shape index (κ2) is 8.19. The lowest BCUT2D eigenvalue weighted by atomic mass is 10.0. The molecule has 0 saturated heterocycles. The molecular weight excluding hydrogens is 266 g/mol. The van der Waals surface area contributed by atoms with Gasteiger partial charge in [-0.2, -0.15) is 5.10 Å². The van der Waals surface area contributed by atoms with Crippen LogP contribution in [-0.2, 0) is 9.59 Å². The van der Waals surface area contributed by atoms with Crippen molar-refractivity contribution < 1.29 is 9.59 Å². The van der Waals surface area contributed by atoms with Crippen molar-refractivity contribution in [2.75, 3.05) is 6.54 Å². The molecule has 0 radical (unpaired) electrons. The molecule has 1 aromatic rings. The summed E-state index contributed by atoms with van der Waals surface area (Å²) in [6.45, 7) is 8.62. The lowest BCUT2D eigenvalue weighted by Gasteiger charge is -2.06. The molecule has 0 atom stereocenters. The van der Waals surface area contributed by atoms with Gasteiger partial charge in [0.2, 0.25) is 0 Å². The van der Waals surface area contributed by atoms with E-state index >= 15 is 0 Å². The third-order valence-corrected chi connectivity index (χ3v) is 2.86. The van der Waals surface area contributed by atoms with Crippen molar-refractivity contribution in [3.8, 4) is 0 Å². The first-order chi connectivity index (χ1) is 9.90. The van der Waals surface area contributed by atoms with E-state index in [-0.39, 0.29) is 0 Å². The minimum Gasteiger partial charge on any atom is -0.348 e. The molecule has 2 amide bonds.